The summed E-state index contributed by atoms with van der Waals surface area (Å²) in [7, 11) is 0. The van der Waals surface area contributed by atoms with Crippen LogP contribution in [0.1, 0.15) is 25.3 Å². The van der Waals surface area contributed by atoms with Gasteiger partial charge < -0.3 is 15.0 Å². The third-order valence-corrected chi connectivity index (χ3v) is 4.56. The van der Waals surface area contributed by atoms with Gasteiger partial charge in [0.1, 0.15) is 11.6 Å². The van der Waals surface area contributed by atoms with Gasteiger partial charge in [-0.15, -0.1) is 0 Å². The number of anilines is 2. The average molecular weight is 370 g/mol. The molecule has 3 rings (SSSR count). The summed E-state index contributed by atoms with van der Waals surface area (Å²) in [6.45, 7) is 4.64. The summed E-state index contributed by atoms with van der Waals surface area (Å²) in [4.78, 5) is 26.4. The van der Waals surface area contributed by atoms with Crippen LogP contribution in [-0.2, 0) is 9.59 Å². The van der Waals surface area contributed by atoms with E-state index in [1.165, 1.54) is 6.07 Å². The minimum absolute atomic E-state index is 0.104. The van der Waals surface area contributed by atoms with Crippen LogP contribution in [0.5, 0.6) is 5.75 Å². The Balaban J connectivity index is 1.64. The van der Waals surface area contributed by atoms with Crippen LogP contribution in [0.25, 0.3) is 0 Å². The van der Waals surface area contributed by atoms with Crippen molar-refractivity contribution in [2.24, 2.45) is 5.92 Å². The van der Waals surface area contributed by atoms with Crippen LogP contribution in [0.4, 0.5) is 15.8 Å². The number of benzene rings is 2. The van der Waals surface area contributed by atoms with Crippen molar-refractivity contribution >= 4 is 23.2 Å². The number of halogens is 1. The molecule has 1 aliphatic heterocycles. The Kier molecular flexibility index (Phi) is 5.74. The number of amides is 2. The van der Waals surface area contributed by atoms with Gasteiger partial charge in [-0.25, -0.2) is 4.39 Å². The van der Waals surface area contributed by atoms with E-state index in [2.05, 4.69) is 5.32 Å². The molecule has 1 atom stereocenters. The zero-order chi connectivity index (χ0) is 19.4. The van der Waals surface area contributed by atoms with Gasteiger partial charge in [0.2, 0.25) is 11.8 Å². The molecular weight excluding hydrogens is 347 g/mol. The minimum Gasteiger partial charge on any atom is -0.494 e. The molecule has 0 spiro atoms. The fraction of sp³-hybridized carbons (Fsp3) is 0.333. The predicted molar refractivity (Wildman–Crippen MR) is 102 cm³/mol. The van der Waals surface area contributed by atoms with Gasteiger partial charge in [0.25, 0.3) is 0 Å². The van der Waals surface area contributed by atoms with Crippen molar-refractivity contribution < 1.29 is 18.7 Å². The van der Waals surface area contributed by atoms with Gasteiger partial charge in [0, 0.05) is 24.3 Å². The fourth-order valence-corrected chi connectivity index (χ4v) is 2.99. The van der Waals surface area contributed by atoms with E-state index in [1.807, 2.05) is 31.2 Å². The third-order valence-electron chi connectivity index (χ3n) is 4.56. The summed E-state index contributed by atoms with van der Waals surface area (Å²) in [5, 5.41) is 2.70. The summed E-state index contributed by atoms with van der Waals surface area (Å²) < 4.78 is 19.2. The Bertz CT molecular complexity index is 836. The summed E-state index contributed by atoms with van der Waals surface area (Å²) >= 11 is 0. The highest BCUT2D eigenvalue weighted by Crippen LogP contribution is 2.28. The Labute approximate surface area is 158 Å². The first-order valence-corrected chi connectivity index (χ1v) is 9.08. The molecule has 0 radical (unpaired) electrons. The van der Waals surface area contributed by atoms with Crippen molar-refractivity contribution in [1.82, 2.24) is 0 Å². The summed E-state index contributed by atoms with van der Waals surface area (Å²) in [6, 6.07) is 11.8. The molecule has 1 aliphatic rings. The lowest BCUT2D eigenvalue weighted by Crippen LogP contribution is -2.28. The number of carbonyl (C=O) groups excluding carboxylic acids is 2. The second-order valence-electron chi connectivity index (χ2n) is 6.70. The number of carbonyl (C=O) groups is 2. The summed E-state index contributed by atoms with van der Waals surface area (Å²) in [5.41, 5.74) is 1.65. The first-order chi connectivity index (χ1) is 13.0. The molecule has 0 saturated carbocycles. The molecule has 2 aromatic carbocycles. The number of hydrogen-bond donors (Lipinski definition) is 1. The molecule has 5 nitrogen and oxygen atoms in total. The Morgan fingerprint density at radius 1 is 1.26 bits per heavy atom. The molecule has 27 heavy (non-hydrogen) atoms. The molecule has 0 unspecified atom stereocenters. The molecule has 142 valence electrons. The quantitative estimate of drug-likeness (QED) is 0.839. The maximum atomic E-state index is 13.6. The van der Waals surface area contributed by atoms with E-state index in [0.717, 1.165) is 17.9 Å². The van der Waals surface area contributed by atoms with Crippen LogP contribution >= 0.6 is 0 Å². The second-order valence-corrected chi connectivity index (χ2v) is 6.70. The van der Waals surface area contributed by atoms with E-state index in [9.17, 15) is 14.0 Å². The molecule has 0 aliphatic carbocycles. The molecule has 2 aromatic rings. The Morgan fingerprint density at radius 3 is 2.67 bits per heavy atom. The molecule has 6 heteroatoms. The first-order valence-electron chi connectivity index (χ1n) is 9.08. The van der Waals surface area contributed by atoms with E-state index in [-0.39, 0.29) is 24.1 Å². The standard InChI is InChI=1S/C21H23FN2O3/c1-3-10-27-18-8-6-17(7-9-18)24-13-15(11-20(24)25)21(26)23-16-5-4-14(2)19(22)12-16/h4-9,12,15H,3,10-11,13H2,1-2H3,(H,23,26)/t15-/m1/s1. The van der Waals surface area contributed by atoms with Crippen LogP contribution in [0.15, 0.2) is 42.5 Å². The van der Waals surface area contributed by atoms with E-state index >= 15 is 0 Å². The van der Waals surface area contributed by atoms with Gasteiger partial charge in [-0.1, -0.05) is 13.0 Å². The molecule has 1 saturated heterocycles. The zero-order valence-corrected chi connectivity index (χ0v) is 15.5. The number of aryl methyl sites for hydroxylation is 1. The lowest BCUT2D eigenvalue weighted by molar-refractivity contribution is -0.122. The van der Waals surface area contributed by atoms with Crippen molar-refractivity contribution in [3.8, 4) is 5.75 Å². The van der Waals surface area contributed by atoms with E-state index in [1.54, 1.807) is 24.0 Å². The average Bonchev–Trinajstić information content (AvgIpc) is 3.05. The van der Waals surface area contributed by atoms with Gasteiger partial charge in [-0.05, 0) is 55.3 Å². The highest BCUT2D eigenvalue weighted by Gasteiger charge is 2.35. The van der Waals surface area contributed by atoms with Crippen LogP contribution < -0.4 is 15.0 Å². The molecule has 2 amide bonds. The number of nitrogens with one attached hydrogen (secondary N) is 1. The smallest absolute Gasteiger partial charge is 0.229 e. The molecule has 1 heterocycles. The fourth-order valence-electron chi connectivity index (χ4n) is 2.99. The molecule has 0 bridgehead atoms. The molecule has 1 fully saturated rings. The van der Waals surface area contributed by atoms with Crippen molar-refractivity contribution in [3.05, 3.63) is 53.8 Å². The number of rotatable bonds is 6. The largest absolute Gasteiger partial charge is 0.494 e. The minimum atomic E-state index is -0.474. The molecule has 1 N–H and O–H groups in total. The molecular formula is C21H23FN2O3. The maximum Gasteiger partial charge on any atom is 0.229 e. The number of hydrogen-bond acceptors (Lipinski definition) is 3. The number of ether oxygens (including phenoxy) is 1. The summed E-state index contributed by atoms with van der Waals surface area (Å²) in [5.74, 6) is -0.479. The van der Waals surface area contributed by atoms with E-state index in [0.29, 0.717) is 24.4 Å². The SMILES string of the molecule is CCCOc1ccc(N2C[C@H](C(=O)Nc3ccc(C)c(F)c3)CC2=O)cc1. The second kappa shape index (κ2) is 8.20. The monoisotopic (exact) mass is 370 g/mol. The van der Waals surface area contributed by atoms with Crippen LogP contribution in [-0.4, -0.2) is 25.0 Å². The number of nitrogens with zero attached hydrogens (tertiary/aromatic N) is 1. The normalized spacial score (nSPS) is 16.5. The van der Waals surface area contributed by atoms with E-state index < -0.39 is 5.92 Å². The summed E-state index contributed by atoms with van der Waals surface area (Å²) in [6.07, 6.45) is 1.06. The topological polar surface area (TPSA) is 58.6 Å². The van der Waals surface area contributed by atoms with Gasteiger partial charge in [0.05, 0.1) is 12.5 Å². The van der Waals surface area contributed by atoms with Crippen molar-refractivity contribution in [3.63, 3.8) is 0 Å². The lowest BCUT2D eigenvalue weighted by atomic mass is 10.1. The highest BCUT2D eigenvalue weighted by molar-refractivity contribution is 6.03. The Hall–Kier alpha value is -2.89. The van der Waals surface area contributed by atoms with Gasteiger partial charge in [-0.2, -0.15) is 0 Å². The van der Waals surface area contributed by atoms with Crippen LogP contribution in [0, 0.1) is 18.7 Å². The van der Waals surface area contributed by atoms with Crippen molar-refractivity contribution in [2.75, 3.05) is 23.4 Å². The van der Waals surface area contributed by atoms with Gasteiger partial charge >= 0.3 is 0 Å². The lowest BCUT2D eigenvalue weighted by Gasteiger charge is -2.17. The van der Waals surface area contributed by atoms with Crippen LogP contribution in [0.2, 0.25) is 0 Å². The zero-order valence-electron chi connectivity index (χ0n) is 15.5. The maximum absolute atomic E-state index is 13.6. The van der Waals surface area contributed by atoms with Gasteiger partial charge in [0.15, 0.2) is 0 Å². The highest BCUT2D eigenvalue weighted by atomic mass is 19.1. The Morgan fingerprint density at radius 2 is 2.00 bits per heavy atom. The van der Waals surface area contributed by atoms with Gasteiger partial charge in [-0.3, -0.25) is 9.59 Å². The predicted octanol–water partition coefficient (Wildman–Crippen LogP) is 3.91. The van der Waals surface area contributed by atoms with Crippen LogP contribution in [0.3, 0.4) is 0 Å². The van der Waals surface area contributed by atoms with E-state index in [4.69, 9.17) is 4.74 Å². The first kappa shape index (κ1) is 18.9. The molecule has 0 aromatic heterocycles. The van der Waals surface area contributed by atoms with Crippen molar-refractivity contribution in [2.45, 2.75) is 26.7 Å². The third kappa shape index (κ3) is 4.45. The van der Waals surface area contributed by atoms with Crippen molar-refractivity contribution in [1.29, 1.82) is 0 Å².